The number of nitrogens with zero attached hydrogens (tertiary/aromatic N) is 1. The minimum absolute atomic E-state index is 0.0998. The van der Waals surface area contributed by atoms with E-state index in [1.807, 2.05) is 63.2 Å². The van der Waals surface area contributed by atoms with Gasteiger partial charge in [-0.05, 0) is 37.5 Å². The van der Waals surface area contributed by atoms with Gasteiger partial charge in [0.2, 0.25) is 5.91 Å². The van der Waals surface area contributed by atoms with Crippen LogP contribution >= 0.6 is 0 Å². The lowest BCUT2D eigenvalue weighted by molar-refractivity contribution is -0.120. The zero-order valence-electron chi connectivity index (χ0n) is 12.7. The zero-order valence-corrected chi connectivity index (χ0v) is 12.7. The second kappa shape index (κ2) is 6.84. The molecule has 0 bridgehead atoms. The van der Waals surface area contributed by atoms with Gasteiger partial charge in [-0.2, -0.15) is 5.10 Å². The fourth-order valence-electron chi connectivity index (χ4n) is 2.15. The van der Waals surface area contributed by atoms with Crippen LogP contribution in [0.1, 0.15) is 29.2 Å². The van der Waals surface area contributed by atoms with Crippen molar-refractivity contribution in [1.82, 2.24) is 5.43 Å². The van der Waals surface area contributed by atoms with E-state index in [9.17, 15) is 4.79 Å². The van der Waals surface area contributed by atoms with Crippen molar-refractivity contribution in [3.8, 4) is 0 Å². The predicted octanol–water partition coefficient (Wildman–Crippen LogP) is 3.39. The summed E-state index contributed by atoms with van der Waals surface area (Å²) in [5, 5.41) is 4.15. The van der Waals surface area contributed by atoms with Crippen LogP contribution in [0.4, 0.5) is 0 Å². The van der Waals surface area contributed by atoms with Crippen LogP contribution in [0.15, 0.2) is 53.6 Å². The van der Waals surface area contributed by atoms with Gasteiger partial charge in [-0.3, -0.25) is 4.79 Å². The fraction of sp³-hybridized carbons (Fsp3) is 0.222. The first-order valence-electron chi connectivity index (χ1n) is 7.01. The third-order valence-electron chi connectivity index (χ3n) is 3.39. The average molecular weight is 280 g/mol. The van der Waals surface area contributed by atoms with Crippen LogP contribution in [0.25, 0.3) is 0 Å². The Hall–Kier alpha value is -2.42. The standard InChI is InChI=1S/C18H20N2O/c1-13-9-10-17(14(2)11-13)12-18(21)20-19-15(3)16-7-5-4-6-8-16/h4-11H,12H2,1-3H3,(H,20,21)/b19-15+. The molecule has 0 aliphatic rings. The Balaban J connectivity index is 1.99. The van der Waals surface area contributed by atoms with Crippen LogP contribution < -0.4 is 5.43 Å². The third kappa shape index (κ3) is 4.28. The molecule has 0 unspecified atom stereocenters. The van der Waals surface area contributed by atoms with Gasteiger partial charge in [0.1, 0.15) is 0 Å². The molecule has 3 nitrogen and oxygen atoms in total. The highest BCUT2D eigenvalue weighted by molar-refractivity contribution is 5.99. The molecule has 0 aromatic heterocycles. The van der Waals surface area contributed by atoms with E-state index in [-0.39, 0.29) is 5.91 Å². The molecule has 0 aliphatic carbocycles. The smallest absolute Gasteiger partial charge is 0.244 e. The van der Waals surface area contributed by atoms with Crippen molar-refractivity contribution >= 4 is 11.6 Å². The van der Waals surface area contributed by atoms with Crippen molar-refractivity contribution in [2.75, 3.05) is 0 Å². The Morgan fingerprint density at radius 2 is 1.81 bits per heavy atom. The van der Waals surface area contributed by atoms with E-state index in [0.717, 1.165) is 22.4 Å². The molecular formula is C18H20N2O. The number of amides is 1. The Kier molecular flexibility index (Phi) is 4.88. The molecule has 2 aromatic rings. The summed E-state index contributed by atoms with van der Waals surface area (Å²) in [4.78, 5) is 12.0. The molecule has 1 N–H and O–H groups in total. The van der Waals surface area contributed by atoms with Gasteiger partial charge in [0.25, 0.3) is 0 Å². The van der Waals surface area contributed by atoms with Crippen molar-refractivity contribution in [3.05, 3.63) is 70.8 Å². The molecule has 2 aromatic carbocycles. The minimum Gasteiger partial charge on any atom is -0.273 e. The number of hydrogen-bond acceptors (Lipinski definition) is 2. The number of nitrogens with one attached hydrogen (secondary N) is 1. The molecular weight excluding hydrogens is 260 g/mol. The molecule has 2 rings (SSSR count). The Morgan fingerprint density at radius 3 is 2.48 bits per heavy atom. The van der Waals surface area contributed by atoms with Crippen molar-refractivity contribution in [3.63, 3.8) is 0 Å². The Labute approximate surface area is 125 Å². The van der Waals surface area contributed by atoms with Gasteiger partial charge < -0.3 is 0 Å². The minimum atomic E-state index is -0.0998. The quantitative estimate of drug-likeness (QED) is 0.677. The van der Waals surface area contributed by atoms with Gasteiger partial charge in [-0.1, -0.05) is 54.1 Å². The highest BCUT2D eigenvalue weighted by atomic mass is 16.2. The van der Waals surface area contributed by atoms with Gasteiger partial charge in [-0.25, -0.2) is 5.43 Å². The van der Waals surface area contributed by atoms with E-state index >= 15 is 0 Å². The highest BCUT2D eigenvalue weighted by Gasteiger charge is 2.05. The monoisotopic (exact) mass is 280 g/mol. The van der Waals surface area contributed by atoms with Crippen molar-refractivity contribution in [2.45, 2.75) is 27.2 Å². The molecule has 0 saturated heterocycles. The maximum atomic E-state index is 12.0. The van der Waals surface area contributed by atoms with E-state index < -0.39 is 0 Å². The summed E-state index contributed by atoms with van der Waals surface area (Å²) in [6.45, 7) is 5.95. The van der Waals surface area contributed by atoms with Crippen molar-refractivity contribution < 1.29 is 4.79 Å². The normalized spacial score (nSPS) is 11.3. The SMILES string of the molecule is C/C(=N\NC(=O)Cc1ccc(C)cc1C)c1ccccc1. The summed E-state index contributed by atoms with van der Waals surface area (Å²) in [7, 11) is 0. The Bertz CT molecular complexity index is 660. The lowest BCUT2D eigenvalue weighted by atomic mass is 10.0. The van der Waals surface area contributed by atoms with E-state index in [4.69, 9.17) is 0 Å². The van der Waals surface area contributed by atoms with Gasteiger partial charge in [0.15, 0.2) is 0 Å². The molecule has 0 spiro atoms. The molecule has 0 saturated carbocycles. The van der Waals surface area contributed by atoms with Gasteiger partial charge in [-0.15, -0.1) is 0 Å². The summed E-state index contributed by atoms with van der Waals surface area (Å²) in [5.74, 6) is -0.0998. The molecule has 0 aliphatic heterocycles. The molecule has 0 atom stereocenters. The number of rotatable bonds is 4. The second-order valence-corrected chi connectivity index (χ2v) is 5.20. The number of benzene rings is 2. The molecule has 0 radical (unpaired) electrons. The topological polar surface area (TPSA) is 41.5 Å². The molecule has 21 heavy (non-hydrogen) atoms. The number of hydrazone groups is 1. The Morgan fingerprint density at radius 1 is 1.10 bits per heavy atom. The maximum absolute atomic E-state index is 12.0. The van der Waals surface area contributed by atoms with Crippen LogP contribution in [-0.4, -0.2) is 11.6 Å². The first kappa shape index (κ1) is 15.0. The fourth-order valence-corrected chi connectivity index (χ4v) is 2.15. The van der Waals surface area contributed by atoms with E-state index in [0.29, 0.717) is 6.42 Å². The molecule has 0 fully saturated rings. The molecule has 1 amide bonds. The summed E-state index contributed by atoms with van der Waals surface area (Å²) in [5.41, 5.74) is 7.79. The van der Waals surface area contributed by atoms with Crippen LogP contribution in [0.2, 0.25) is 0 Å². The number of hydrogen-bond donors (Lipinski definition) is 1. The first-order chi connectivity index (χ1) is 10.1. The summed E-state index contributed by atoms with van der Waals surface area (Å²) < 4.78 is 0. The maximum Gasteiger partial charge on any atom is 0.244 e. The lowest BCUT2D eigenvalue weighted by Gasteiger charge is -2.06. The van der Waals surface area contributed by atoms with Crippen LogP contribution in [0.5, 0.6) is 0 Å². The van der Waals surface area contributed by atoms with Crippen molar-refractivity contribution in [2.24, 2.45) is 5.10 Å². The molecule has 3 heteroatoms. The zero-order chi connectivity index (χ0) is 15.2. The van der Waals surface area contributed by atoms with E-state index in [2.05, 4.69) is 16.6 Å². The van der Waals surface area contributed by atoms with E-state index in [1.54, 1.807) is 0 Å². The number of aryl methyl sites for hydroxylation is 2. The molecule has 0 heterocycles. The first-order valence-corrected chi connectivity index (χ1v) is 7.01. The van der Waals surface area contributed by atoms with Crippen LogP contribution in [0.3, 0.4) is 0 Å². The summed E-state index contributed by atoms with van der Waals surface area (Å²) in [6.07, 6.45) is 0.345. The van der Waals surface area contributed by atoms with E-state index in [1.165, 1.54) is 5.56 Å². The predicted molar refractivity (Wildman–Crippen MR) is 86.4 cm³/mol. The van der Waals surface area contributed by atoms with Crippen molar-refractivity contribution in [1.29, 1.82) is 0 Å². The lowest BCUT2D eigenvalue weighted by Crippen LogP contribution is -2.21. The second-order valence-electron chi connectivity index (χ2n) is 5.20. The average Bonchev–Trinajstić information content (AvgIpc) is 2.48. The largest absolute Gasteiger partial charge is 0.273 e. The van der Waals surface area contributed by atoms with Gasteiger partial charge >= 0.3 is 0 Å². The van der Waals surface area contributed by atoms with Crippen LogP contribution in [-0.2, 0) is 11.2 Å². The van der Waals surface area contributed by atoms with Gasteiger partial charge in [0.05, 0.1) is 12.1 Å². The third-order valence-corrected chi connectivity index (χ3v) is 3.39. The molecule has 108 valence electrons. The summed E-state index contributed by atoms with van der Waals surface area (Å²) >= 11 is 0. The number of carbonyl (C=O) groups excluding carboxylic acids is 1. The number of carbonyl (C=O) groups is 1. The van der Waals surface area contributed by atoms with Crippen LogP contribution in [0, 0.1) is 13.8 Å². The highest BCUT2D eigenvalue weighted by Crippen LogP contribution is 2.11. The summed E-state index contributed by atoms with van der Waals surface area (Å²) in [6, 6.07) is 15.9. The van der Waals surface area contributed by atoms with Gasteiger partial charge in [0, 0.05) is 0 Å².